The zero-order valence-electron chi connectivity index (χ0n) is 10.2. The molecule has 4 heteroatoms. The van der Waals surface area contributed by atoms with E-state index in [1.54, 1.807) is 6.20 Å². The predicted octanol–water partition coefficient (Wildman–Crippen LogP) is 2.43. The summed E-state index contributed by atoms with van der Waals surface area (Å²) in [5.74, 6) is 5.36. The molecule has 0 aliphatic carbocycles. The molecule has 2 N–H and O–H groups in total. The van der Waals surface area contributed by atoms with Crippen LogP contribution in [0.5, 0.6) is 0 Å². The minimum atomic E-state index is -0.182. The minimum Gasteiger partial charge on any atom is -0.350 e. The molecule has 0 radical (unpaired) electrons. The highest BCUT2D eigenvalue weighted by molar-refractivity contribution is 6.06. The van der Waals surface area contributed by atoms with Crippen LogP contribution in [0.2, 0.25) is 0 Å². The molecule has 0 fully saturated rings. The molecule has 4 nitrogen and oxygen atoms in total. The topological polar surface area (TPSA) is 61.5 Å². The lowest BCUT2D eigenvalue weighted by molar-refractivity contribution is 1.01. The maximum absolute atomic E-state index is 11.4. The van der Waals surface area contributed by atoms with Crippen molar-refractivity contribution in [3.05, 3.63) is 40.8 Å². The molecular formula is C14H13N3O. The van der Waals surface area contributed by atoms with Gasteiger partial charge in [0.15, 0.2) is 0 Å². The van der Waals surface area contributed by atoms with Gasteiger partial charge < -0.3 is 4.98 Å². The molecule has 18 heavy (non-hydrogen) atoms. The van der Waals surface area contributed by atoms with E-state index in [9.17, 15) is 4.79 Å². The number of benzene rings is 1. The van der Waals surface area contributed by atoms with E-state index in [0.29, 0.717) is 5.52 Å². The van der Waals surface area contributed by atoms with Gasteiger partial charge in [-0.2, -0.15) is 5.10 Å². The van der Waals surface area contributed by atoms with E-state index < -0.39 is 0 Å². The molecule has 0 amide bonds. The lowest BCUT2D eigenvalue weighted by Gasteiger charge is -1.87. The van der Waals surface area contributed by atoms with E-state index >= 15 is 0 Å². The van der Waals surface area contributed by atoms with Crippen molar-refractivity contribution in [2.45, 2.75) is 13.8 Å². The van der Waals surface area contributed by atoms with Crippen molar-refractivity contribution in [3.8, 4) is 11.8 Å². The van der Waals surface area contributed by atoms with Crippen LogP contribution in [0.1, 0.15) is 13.8 Å². The summed E-state index contributed by atoms with van der Waals surface area (Å²) in [6.07, 6.45) is 1.66. The fourth-order valence-corrected chi connectivity index (χ4v) is 1.69. The van der Waals surface area contributed by atoms with Gasteiger partial charge in [0.05, 0.1) is 6.20 Å². The van der Waals surface area contributed by atoms with Gasteiger partial charge in [0.1, 0.15) is 5.52 Å². The van der Waals surface area contributed by atoms with Crippen LogP contribution in [-0.4, -0.2) is 15.2 Å². The zero-order chi connectivity index (χ0) is 13.0. The number of hydrogen-bond donors (Lipinski definition) is 2. The van der Waals surface area contributed by atoms with Gasteiger partial charge in [-0.1, -0.05) is 18.2 Å². The molecule has 0 aliphatic rings. The van der Waals surface area contributed by atoms with E-state index in [1.807, 2.05) is 38.1 Å². The van der Waals surface area contributed by atoms with Crippen LogP contribution in [0.25, 0.3) is 21.8 Å². The summed E-state index contributed by atoms with van der Waals surface area (Å²) in [7, 11) is 0. The number of para-hydroxylation sites is 1. The summed E-state index contributed by atoms with van der Waals surface area (Å²) in [5, 5.41) is 8.07. The summed E-state index contributed by atoms with van der Waals surface area (Å²) in [6, 6.07) is 7.78. The van der Waals surface area contributed by atoms with Crippen molar-refractivity contribution >= 4 is 21.8 Å². The van der Waals surface area contributed by atoms with Crippen molar-refractivity contribution in [3.63, 3.8) is 0 Å². The molecule has 3 aromatic rings. The number of rotatable bonds is 0. The van der Waals surface area contributed by atoms with Crippen molar-refractivity contribution < 1.29 is 0 Å². The number of aromatic nitrogens is 3. The summed E-state index contributed by atoms with van der Waals surface area (Å²) in [5.41, 5.74) is 1.36. The Morgan fingerprint density at radius 1 is 1.11 bits per heavy atom. The van der Waals surface area contributed by atoms with Gasteiger partial charge in [-0.15, -0.1) is 11.8 Å². The highest BCUT2D eigenvalue weighted by Crippen LogP contribution is 2.21. The molecule has 1 aromatic carbocycles. The Balaban J connectivity index is 0.000000267. The molecule has 2 heterocycles. The monoisotopic (exact) mass is 239 g/mol. The number of fused-ring (bicyclic) bond motifs is 3. The lowest BCUT2D eigenvalue weighted by atomic mass is 10.2. The molecule has 2 aromatic heterocycles. The van der Waals surface area contributed by atoms with E-state index in [-0.39, 0.29) is 5.56 Å². The Labute approximate surface area is 104 Å². The first kappa shape index (κ1) is 11.9. The number of hydrogen-bond acceptors (Lipinski definition) is 2. The van der Waals surface area contributed by atoms with Crippen LogP contribution < -0.4 is 5.56 Å². The van der Waals surface area contributed by atoms with Gasteiger partial charge in [-0.05, 0) is 19.9 Å². The normalized spacial score (nSPS) is 9.44. The van der Waals surface area contributed by atoms with Gasteiger partial charge in [-0.25, -0.2) is 5.10 Å². The number of H-pyrrole nitrogens is 2. The molecule has 3 rings (SSSR count). The Morgan fingerprint density at radius 3 is 2.56 bits per heavy atom. The van der Waals surface area contributed by atoms with Crippen LogP contribution in [-0.2, 0) is 0 Å². The molecule has 0 atom stereocenters. The highest BCUT2D eigenvalue weighted by Gasteiger charge is 2.05. The molecule has 0 saturated carbocycles. The molecule has 0 unspecified atom stereocenters. The van der Waals surface area contributed by atoms with Crippen molar-refractivity contribution in [2.24, 2.45) is 0 Å². The van der Waals surface area contributed by atoms with Crippen molar-refractivity contribution in [1.29, 1.82) is 0 Å². The van der Waals surface area contributed by atoms with Gasteiger partial charge in [0.2, 0.25) is 0 Å². The second kappa shape index (κ2) is 5.19. The summed E-state index contributed by atoms with van der Waals surface area (Å²) in [4.78, 5) is 14.5. The fraction of sp³-hybridized carbons (Fsp3) is 0.143. The van der Waals surface area contributed by atoms with Crippen LogP contribution in [0.3, 0.4) is 0 Å². The fourth-order valence-electron chi connectivity index (χ4n) is 1.69. The third-order valence-corrected chi connectivity index (χ3v) is 2.58. The smallest absolute Gasteiger partial charge is 0.288 e. The van der Waals surface area contributed by atoms with Crippen LogP contribution >= 0.6 is 0 Å². The Bertz CT molecular complexity index is 781. The zero-order valence-corrected chi connectivity index (χ0v) is 10.2. The van der Waals surface area contributed by atoms with Gasteiger partial charge in [0.25, 0.3) is 5.56 Å². The maximum atomic E-state index is 11.4. The molecule has 0 bridgehead atoms. The van der Waals surface area contributed by atoms with Crippen LogP contribution in [0, 0.1) is 11.8 Å². The van der Waals surface area contributed by atoms with E-state index in [2.05, 4.69) is 27.0 Å². The number of nitrogens with zero attached hydrogens (tertiary/aromatic N) is 1. The average molecular weight is 239 g/mol. The molecule has 0 aliphatic heterocycles. The van der Waals surface area contributed by atoms with Gasteiger partial charge in [-0.3, -0.25) is 4.79 Å². The Morgan fingerprint density at radius 2 is 1.83 bits per heavy atom. The average Bonchev–Trinajstić information content (AvgIpc) is 2.80. The quantitative estimate of drug-likeness (QED) is 0.592. The van der Waals surface area contributed by atoms with Crippen LogP contribution in [0.4, 0.5) is 0 Å². The van der Waals surface area contributed by atoms with Crippen molar-refractivity contribution in [1.82, 2.24) is 15.2 Å². The summed E-state index contributed by atoms with van der Waals surface area (Å²) >= 11 is 0. The molecule has 0 saturated heterocycles. The second-order valence-electron chi connectivity index (χ2n) is 3.66. The third kappa shape index (κ3) is 2.11. The molecular weight excluding hydrogens is 226 g/mol. The van der Waals surface area contributed by atoms with E-state index in [0.717, 1.165) is 16.3 Å². The van der Waals surface area contributed by atoms with Crippen LogP contribution in [0.15, 0.2) is 35.3 Å². The van der Waals surface area contributed by atoms with Gasteiger partial charge in [0, 0.05) is 16.3 Å². The predicted molar refractivity (Wildman–Crippen MR) is 73.3 cm³/mol. The number of aromatic amines is 2. The van der Waals surface area contributed by atoms with E-state index in [4.69, 9.17) is 0 Å². The standard InChI is InChI=1S/C10H7N3O.C4H6/c14-10-9-7(5-11-13-10)6-3-1-2-4-8(6)12-9;1-3-4-2/h1-5,12H,(H,13,14);1-2H3. The van der Waals surface area contributed by atoms with E-state index in [1.165, 1.54) is 0 Å². The summed E-state index contributed by atoms with van der Waals surface area (Å²) in [6.45, 7) is 3.64. The maximum Gasteiger partial charge on any atom is 0.288 e. The number of nitrogens with one attached hydrogen (secondary N) is 2. The minimum absolute atomic E-state index is 0.182. The molecule has 0 spiro atoms. The van der Waals surface area contributed by atoms with Gasteiger partial charge >= 0.3 is 0 Å². The first-order chi connectivity index (χ1) is 8.77. The first-order valence-electron chi connectivity index (χ1n) is 5.55. The second-order valence-corrected chi connectivity index (χ2v) is 3.66. The lowest BCUT2D eigenvalue weighted by Crippen LogP contribution is -2.06. The third-order valence-electron chi connectivity index (χ3n) is 2.58. The highest BCUT2D eigenvalue weighted by atomic mass is 16.1. The molecule has 90 valence electrons. The Kier molecular flexibility index (Phi) is 3.44. The first-order valence-corrected chi connectivity index (χ1v) is 5.55. The Hall–Kier alpha value is -2.54. The van der Waals surface area contributed by atoms with Crippen molar-refractivity contribution in [2.75, 3.05) is 0 Å². The SMILES string of the molecule is CC#CC.O=c1[nH]ncc2c1[nH]c1ccccc12. The summed E-state index contributed by atoms with van der Waals surface area (Å²) < 4.78 is 0. The largest absolute Gasteiger partial charge is 0.350 e.